The Bertz CT molecular complexity index is 890. The molecule has 0 atom stereocenters. The number of ether oxygens (including phenoxy) is 1. The lowest BCUT2D eigenvalue weighted by molar-refractivity contribution is -0.126. The molecule has 2 N–H and O–H groups in total. The van der Waals surface area contributed by atoms with Crippen LogP contribution in [0.4, 0.5) is 5.69 Å². The third-order valence-electron chi connectivity index (χ3n) is 3.13. The number of nitrogens with zero attached hydrogens (tertiary/aromatic N) is 1. The quantitative estimate of drug-likeness (QED) is 0.321. The van der Waals surface area contributed by atoms with Crippen molar-refractivity contribution in [3.8, 4) is 18.1 Å². The fourth-order valence-electron chi connectivity index (χ4n) is 1.92. The molecular formula is C19H15Cl2N3O3. The van der Waals surface area contributed by atoms with Gasteiger partial charge in [0.15, 0.2) is 0 Å². The Labute approximate surface area is 166 Å². The first-order valence-electron chi connectivity index (χ1n) is 7.71. The largest absolute Gasteiger partial charge is 0.481 e. The van der Waals surface area contributed by atoms with Crippen molar-refractivity contribution in [1.82, 2.24) is 5.43 Å². The van der Waals surface area contributed by atoms with E-state index in [2.05, 4.69) is 21.8 Å². The maximum Gasteiger partial charge on any atom is 0.249 e. The van der Waals surface area contributed by atoms with Crippen LogP contribution in [-0.4, -0.2) is 24.6 Å². The highest BCUT2D eigenvalue weighted by Crippen LogP contribution is 2.25. The van der Waals surface area contributed by atoms with Crippen LogP contribution in [0.25, 0.3) is 0 Å². The molecule has 2 rings (SSSR count). The first-order valence-corrected chi connectivity index (χ1v) is 8.46. The van der Waals surface area contributed by atoms with Crippen molar-refractivity contribution >= 4 is 46.9 Å². The minimum atomic E-state index is -0.558. The Morgan fingerprint density at radius 2 is 1.85 bits per heavy atom. The lowest BCUT2D eigenvalue weighted by atomic mass is 10.2. The predicted molar refractivity (Wildman–Crippen MR) is 106 cm³/mol. The number of carbonyl (C=O) groups excluding carboxylic acids is 2. The standard InChI is InChI=1S/C19H15Cl2N3O3/c1-2-9-27-15-6-3-13(4-7-15)12-22-24-19(26)11-18(25)23-14-5-8-16(20)17(21)10-14/h1,3-8,10,12H,9,11H2,(H,23,25)(H,24,26). The Morgan fingerprint density at radius 3 is 2.52 bits per heavy atom. The minimum Gasteiger partial charge on any atom is -0.481 e. The number of anilines is 1. The first kappa shape index (κ1) is 20.3. The van der Waals surface area contributed by atoms with Crippen LogP contribution in [0.1, 0.15) is 12.0 Å². The molecule has 0 aliphatic rings. The highest BCUT2D eigenvalue weighted by molar-refractivity contribution is 6.42. The second kappa shape index (κ2) is 10.2. The van der Waals surface area contributed by atoms with Gasteiger partial charge in [-0.2, -0.15) is 5.10 Å². The lowest BCUT2D eigenvalue weighted by Gasteiger charge is -2.05. The van der Waals surface area contributed by atoms with Crippen LogP contribution in [0, 0.1) is 12.3 Å². The molecule has 0 aliphatic carbocycles. The number of nitrogens with one attached hydrogen (secondary N) is 2. The van der Waals surface area contributed by atoms with Crippen molar-refractivity contribution < 1.29 is 14.3 Å². The zero-order valence-corrected chi connectivity index (χ0v) is 15.6. The van der Waals surface area contributed by atoms with Gasteiger partial charge in [-0.05, 0) is 48.0 Å². The number of hydrazone groups is 1. The second-order valence-corrected chi connectivity index (χ2v) is 6.02. The first-order chi connectivity index (χ1) is 13.0. The van der Waals surface area contributed by atoms with Gasteiger partial charge in [0, 0.05) is 5.69 Å². The van der Waals surface area contributed by atoms with Crippen molar-refractivity contribution in [3.63, 3.8) is 0 Å². The summed E-state index contributed by atoms with van der Waals surface area (Å²) < 4.78 is 5.25. The Balaban J connectivity index is 1.79. The average Bonchev–Trinajstić information content (AvgIpc) is 2.64. The number of benzene rings is 2. The molecule has 0 aromatic heterocycles. The van der Waals surface area contributed by atoms with Crippen LogP contribution < -0.4 is 15.5 Å². The van der Waals surface area contributed by atoms with Crippen LogP contribution in [0.15, 0.2) is 47.6 Å². The summed E-state index contributed by atoms with van der Waals surface area (Å²) in [7, 11) is 0. The fourth-order valence-corrected chi connectivity index (χ4v) is 2.22. The smallest absolute Gasteiger partial charge is 0.249 e. The number of carbonyl (C=O) groups is 2. The summed E-state index contributed by atoms with van der Waals surface area (Å²) in [4.78, 5) is 23.6. The summed E-state index contributed by atoms with van der Waals surface area (Å²) in [6, 6.07) is 11.6. The number of terminal acetylenes is 1. The van der Waals surface area contributed by atoms with E-state index in [0.717, 1.165) is 5.56 Å². The van der Waals surface area contributed by atoms with E-state index in [4.69, 9.17) is 34.4 Å². The van der Waals surface area contributed by atoms with Gasteiger partial charge < -0.3 is 10.1 Å². The fraction of sp³-hybridized carbons (Fsp3) is 0.105. The Kier molecular flexibility index (Phi) is 7.68. The molecule has 6 nitrogen and oxygen atoms in total. The van der Waals surface area contributed by atoms with Gasteiger partial charge in [0.2, 0.25) is 11.8 Å². The molecule has 0 radical (unpaired) electrons. The summed E-state index contributed by atoms with van der Waals surface area (Å²) in [6.45, 7) is 0.188. The molecule has 2 aromatic carbocycles. The number of rotatable bonds is 7. The number of hydrogen-bond donors (Lipinski definition) is 2. The summed E-state index contributed by atoms with van der Waals surface area (Å²) in [6.07, 6.45) is 6.17. The Morgan fingerprint density at radius 1 is 1.11 bits per heavy atom. The van der Waals surface area contributed by atoms with Crippen LogP contribution in [-0.2, 0) is 9.59 Å². The average molecular weight is 404 g/mol. The van der Waals surface area contributed by atoms with Gasteiger partial charge in [-0.1, -0.05) is 29.1 Å². The monoisotopic (exact) mass is 403 g/mol. The summed E-state index contributed by atoms with van der Waals surface area (Å²) in [5.74, 6) is 1.94. The zero-order chi connectivity index (χ0) is 19.6. The molecule has 27 heavy (non-hydrogen) atoms. The van der Waals surface area contributed by atoms with Gasteiger partial charge in [0.25, 0.3) is 0 Å². The predicted octanol–water partition coefficient (Wildman–Crippen LogP) is 3.48. The van der Waals surface area contributed by atoms with Crippen molar-refractivity contribution in [3.05, 3.63) is 58.1 Å². The van der Waals surface area contributed by atoms with Crippen LogP contribution in [0.5, 0.6) is 5.75 Å². The van der Waals surface area contributed by atoms with Gasteiger partial charge in [-0.25, -0.2) is 5.43 Å². The molecule has 0 aliphatic heterocycles. The topological polar surface area (TPSA) is 79.8 Å². The lowest BCUT2D eigenvalue weighted by Crippen LogP contribution is -2.24. The van der Waals surface area contributed by atoms with E-state index in [1.54, 1.807) is 36.4 Å². The van der Waals surface area contributed by atoms with Gasteiger partial charge in [-0.15, -0.1) is 6.42 Å². The van der Waals surface area contributed by atoms with Gasteiger partial charge in [-0.3, -0.25) is 9.59 Å². The Hall–Kier alpha value is -3.01. The molecule has 0 heterocycles. The zero-order valence-electron chi connectivity index (χ0n) is 14.0. The van der Waals surface area contributed by atoms with E-state index in [1.807, 2.05) is 0 Å². The second-order valence-electron chi connectivity index (χ2n) is 5.21. The van der Waals surface area contributed by atoms with Crippen molar-refractivity contribution in [2.24, 2.45) is 5.10 Å². The SMILES string of the molecule is C#CCOc1ccc(C=NNC(=O)CC(=O)Nc2ccc(Cl)c(Cl)c2)cc1. The van der Waals surface area contributed by atoms with Gasteiger partial charge >= 0.3 is 0 Å². The van der Waals surface area contributed by atoms with Gasteiger partial charge in [0.1, 0.15) is 18.8 Å². The van der Waals surface area contributed by atoms with Gasteiger partial charge in [0.05, 0.1) is 16.3 Å². The van der Waals surface area contributed by atoms with Crippen LogP contribution in [0.3, 0.4) is 0 Å². The normalized spacial score (nSPS) is 10.3. The van der Waals surface area contributed by atoms with E-state index >= 15 is 0 Å². The van der Waals surface area contributed by atoms with E-state index in [1.165, 1.54) is 12.3 Å². The van der Waals surface area contributed by atoms with Crippen molar-refractivity contribution in [2.75, 3.05) is 11.9 Å². The molecule has 0 fully saturated rings. The summed E-state index contributed by atoms with van der Waals surface area (Å²) >= 11 is 11.7. The van der Waals surface area contributed by atoms with Crippen molar-refractivity contribution in [2.45, 2.75) is 6.42 Å². The minimum absolute atomic E-state index is 0.188. The third-order valence-corrected chi connectivity index (χ3v) is 3.87. The summed E-state index contributed by atoms with van der Waals surface area (Å²) in [5, 5.41) is 7.03. The molecule has 138 valence electrons. The molecule has 8 heteroatoms. The highest BCUT2D eigenvalue weighted by Gasteiger charge is 2.09. The maximum atomic E-state index is 11.8. The molecular weight excluding hydrogens is 389 g/mol. The molecule has 0 saturated carbocycles. The number of amides is 2. The van der Waals surface area contributed by atoms with E-state index in [0.29, 0.717) is 21.5 Å². The number of hydrogen-bond acceptors (Lipinski definition) is 4. The molecule has 0 spiro atoms. The molecule has 2 amide bonds. The molecule has 0 bridgehead atoms. The number of halogens is 2. The van der Waals surface area contributed by atoms with E-state index < -0.39 is 18.2 Å². The van der Waals surface area contributed by atoms with Crippen LogP contribution in [0.2, 0.25) is 10.0 Å². The van der Waals surface area contributed by atoms with Crippen LogP contribution >= 0.6 is 23.2 Å². The maximum absolute atomic E-state index is 11.8. The van der Waals surface area contributed by atoms with E-state index in [-0.39, 0.29) is 6.61 Å². The summed E-state index contributed by atoms with van der Waals surface area (Å²) in [5.41, 5.74) is 3.46. The molecule has 0 unspecified atom stereocenters. The van der Waals surface area contributed by atoms with E-state index in [9.17, 15) is 9.59 Å². The molecule has 0 saturated heterocycles. The van der Waals surface area contributed by atoms with Crippen molar-refractivity contribution in [1.29, 1.82) is 0 Å². The molecule has 2 aromatic rings. The third kappa shape index (κ3) is 7.02. The highest BCUT2D eigenvalue weighted by atomic mass is 35.5.